The fraction of sp³-hybridized carbons (Fsp3) is 0.833. The Bertz CT molecular complexity index is 233. The van der Waals surface area contributed by atoms with Crippen LogP contribution < -0.4 is 0 Å². The minimum Gasteiger partial charge on any atom is -0.444 e. The van der Waals surface area contributed by atoms with E-state index in [0.717, 1.165) is 12.7 Å². The molecule has 0 aliphatic heterocycles. The Kier molecular flexibility index (Phi) is 6.08. The van der Waals surface area contributed by atoms with Crippen LogP contribution in [0.15, 0.2) is 0 Å². The maximum Gasteiger partial charge on any atom is 0.410 e. The maximum atomic E-state index is 11.6. The Morgan fingerprint density at radius 3 is 2.44 bits per heavy atom. The van der Waals surface area contributed by atoms with E-state index in [0.29, 0.717) is 18.9 Å². The minimum atomic E-state index is -0.459. The van der Waals surface area contributed by atoms with Crippen LogP contribution in [0, 0.1) is 5.92 Å². The predicted octanol–water partition coefficient (Wildman–Crippen LogP) is 2.47. The van der Waals surface area contributed by atoms with Gasteiger partial charge in [-0.05, 0) is 33.1 Å². The van der Waals surface area contributed by atoms with Crippen LogP contribution in [0.3, 0.4) is 0 Å². The monoisotopic (exact) mass is 229 g/mol. The number of aldehydes is 1. The van der Waals surface area contributed by atoms with Crippen LogP contribution in [-0.2, 0) is 9.53 Å². The van der Waals surface area contributed by atoms with Gasteiger partial charge in [0.05, 0.1) is 0 Å². The Balaban J connectivity index is 3.92. The Hall–Kier alpha value is -1.06. The molecule has 1 atom stereocenters. The number of carbonyl (C=O) groups excluding carboxylic acids is 2. The third-order valence-corrected chi connectivity index (χ3v) is 2.16. The minimum absolute atomic E-state index is 0.308. The zero-order chi connectivity index (χ0) is 12.8. The van der Waals surface area contributed by atoms with Crippen molar-refractivity contribution in [2.75, 3.05) is 13.6 Å². The quantitative estimate of drug-likeness (QED) is 0.680. The lowest BCUT2D eigenvalue weighted by atomic mass is 10.1. The number of hydrogen-bond acceptors (Lipinski definition) is 3. The van der Waals surface area contributed by atoms with Gasteiger partial charge in [-0.25, -0.2) is 4.79 Å². The summed E-state index contributed by atoms with van der Waals surface area (Å²) < 4.78 is 5.21. The highest BCUT2D eigenvalue weighted by atomic mass is 16.6. The van der Waals surface area contributed by atoms with Crippen molar-refractivity contribution >= 4 is 12.4 Å². The van der Waals surface area contributed by atoms with Crippen molar-refractivity contribution in [3.8, 4) is 0 Å². The molecule has 0 aliphatic carbocycles. The lowest BCUT2D eigenvalue weighted by Gasteiger charge is -2.25. The molecule has 94 valence electrons. The molecule has 0 fully saturated rings. The van der Waals surface area contributed by atoms with Crippen molar-refractivity contribution in [1.29, 1.82) is 0 Å². The van der Waals surface area contributed by atoms with Crippen LogP contribution in [0.4, 0.5) is 4.79 Å². The molecule has 0 aromatic carbocycles. The number of ether oxygens (including phenoxy) is 1. The highest BCUT2D eigenvalue weighted by Crippen LogP contribution is 2.11. The van der Waals surface area contributed by atoms with Gasteiger partial charge in [-0.1, -0.05) is 6.92 Å². The molecule has 0 aliphatic rings. The first kappa shape index (κ1) is 14.9. The number of amides is 1. The van der Waals surface area contributed by atoms with Crippen molar-refractivity contribution in [1.82, 2.24) is 4.90 Å². The normalized spacial score (nSPS) is 13.1. The smallest absolute Gasteiger partial charge is 0.410 e. The molecule has 0 N–H and O–H groups in total. The molecular formula is C12H23NO3. The summed E-state index contributed by atoms with van der Waals surface area (Å²) in [7, 11) is 1.71. The van der Waals surface area contributed by atoms with Gasteiger partial charge in [-0.2, -0.15) is 0 Å². The molecule has 0 rings (SSSR count). The Labute approximate surface area is 98.0 Å². The summed E-state index contributed by atoms with van der Waals surface area (Å²) in [6.07, 6.45) is 1.96. The largest absolute Gasteiger partial charge is 0.444 e. The topological polar surface area (TPSA) is 46.6 Å². The SMILES string of the molecule is CC(CC=O)CCN(C)C(=O)OC(C)(C)C. The second-order valence-electron chi connectivity index (χ2n) is 5.20. The summed E-state index contributed by atoms with van der Waals surface area (Å²) in [6, 6.07) is 0. The summed E-state index contributed by atoms with van der Waals surface area (Å²) in [4.78, 5) is 23.4. The molecule has 0 aromatic heterocycles. The summed E-state index contributed by atoms with van der Waals surface area (Å²) in [5, 5.41) is 0. The first-order valence-corrected chi connectivity index (χ1v) is 5.64. The van der Waals surface area contributed by atoms with Crippen molar-refractivity contribution in [3.63, 3.8) is 0 Å². The number of nitrogens with zero attached hydrogens (tertiary/aromatic N) is 1. The molecule has 4 nitrogen and oxygen atoms in total. The molecule has 0 radical (unpaired) electrons. The van der Waals surface area contributed by atoms with Crippen molar-refractivity contribution in [2.24, 2.45) is 5.92 Å². The third kappa shape index (κ3) is 7.26. The molecule has 0 aromatic rings. The Morgan fingerprint density at radius 2 is 2.00 bits per heavy atom. The number of hydrogen-bond donors (Lipinski definition) is 0. The van der Waals surface area contributed by atoms with E-state index in [4.69, 9.17) is 4.74 Å². The van der Waals surface area contributed by atoms with Gasteiger partial charge >= 0.3 is 6.09 Å². The molecule has 0 spiro atoms. The molecule has 1 unspecified atom stereocenters. The van der Waals surface area contributed by atoms with Gasteiger partial charge in [0.1, 0.15) is 11.9 Å². The molecule has 1 amide bonds. The zero-order valence-corrected chi connectivity index (χ0v) is 10.9. The lowest BCUT2D eigenvalue weighted by molar-refractivity contribution is -0.108. The van der Waals surface area contributed by atoms with Crippen LogP contribution in [0.25, 0.3) is 0 Å². The molecule has 0 saturated heterocycles. The van der Waals surface area contributed by atoms with Gasteiger partial charge in [0.15, 0.2) is 0 Å². The molecular weight excluding hydrogens is 206 g/mol. The van der Waals surface area contributed by atoms with E-state index in [9.17, 15) is 9.59 Å². The molecule has 0 saturated carbocycles. The second-order valence-corrected chi connectivity index (χ2v) is 5.20. The van der Waals surface area contributed by atoms with E-state index < -0.39 is 5.60 Å². The summed E-state index contributed by atoms with van der Waals surface area (Å²) >= 11 is 0. The van der Waals surface area contributed by atoms with E-state index >= 15 is 0 Å². The highest BCUT2D eigenvalue weighted by molar-refractivity contribution is 5.67. The van der Waals surface area contributed by atoms with Gasteiger partial charge in [0, 0.05) is 20.0 Å². The van der Waals surface area contributed by atoms with Crippen LogP contribution in [0.1, 0.15) is 40.5 Å². The fourth-order valence-electron chi connectivity index (χ4n) is 1.13. The van der Waals surface area contributed by atoms with Crippen LogP contribution >= 0.6 is 0 Å². The van der Waals surface area contributed by atoms with Crippen molar-refractivity contribution < 1.29 is 14.3 Å². The highest BCUT2D eigenvalue weighted by Gasteiger charge is 2.19. The van der Waals surface area contributed by atoms with Gasteiger partial charge in [0.2, 0.25) is 0 Å². The predicted molar refractivity (Wildman–Crippen MR) is 63.3 cm³/mol. The molecule has 0 heterocycles. The Morgan fingerprint density at radius 1 is 1.44 bits per heavy atom. The van der Waals surface area contributed by atoms with E-state index in [-0.39, 0.29) is 6.09 Å². The van der Waals surface area contributed by atoms with E-state index in [2.05, 4.69) is 0 Å². The summed E-state index contributed by atoms with van der Waals surface area (Å²) in [6.45, 7) is 8.14. The van der Waals surface area contributed by atoms with Gasteiger partial charge in [-0.3, -0.25) is 0 Å². The van der Waals surface area contributed by atoms with Crippen molar-refractivity contribution in [2.45, 2.75) is 46.1 Å². The van der Waals surface area contributed by atoms with E-state index in [1.807, 2.05) is 27.7 Å². The van der Waals surface area contributed by atoms with Gasteiger partial charge < -0.3 is 14.4 Å². The number of rotatable bonds is 5. The second kappa shape index (κ2) is 6.51. The fourth-order valence-corrected chi connectivity index (χ4v) is 1.13. The molecule has 4 heteroatoms. The standard InChI is InChI=1S/C12H23NO3/c1-10(7-9-14)6-8-13(5)11(15)16-12(2,3)4/h9-10H,6-8H2,1-5H3. The van der Waals surface area contributed by atoms with Crippen LogP contribution in [0.2, 0.25) is 0 Å². The maximum absolute atomic E-state index is 11.6. The zero-order valence-electron chi connectivity index (χ0n) is 10.9. The summed E-state index contributed by atoms with van der Waals surface area (Å²) in [5.74, 6) is 0.308. The van der Waals surface area contributed by atoms with Gasteiger partial charge in [0.25, 0.3) is 0 Å². The van der Waals surface area contributed by atoms with E-state index in [1.165, 1.54) is 0 Å². The summed E-state index contributed by atoms with van der Waals surface area (Å²) in [5.41, 5.74) is -0.459. The van der Waals surface area contributed by atoms with Gasteiger partial charge in [-0.15, -0.1) is 0 Å². The average Bonchev–Trinajstić information content (AvgIpc) is 2.11. The van der Waals surface area contributed by atoms with Crippen LogP contribution in [-0.4, -0.2) is 36.5 Å². The average molecular weight is 229 g/mol. The molecule has 16 heavy (non-hydrogen) atoms. The lowest BCUT2D eigenvalue weighted by Crippen LogP contribution is -2.35. The first-order valence-electron chi connectivity index (χ1n) is 5.64. The first-order chi connectivity index (χ1) is 7.26. The van der Waals surface area contributed by atoms with E-state index in [1.54, 1.807) is 11.9 Å². The molecule has 0 bridgehead atoms. The number of carbonyl (C=O) groups is 2. The van der Waals surface area contributed by atoms with Crippen LogP contribution in [0.5, 0.6) is 0 Å². The third-order valence-electron chi connectivity index (χ3n) is 2.16. The van der Waals surface area contributed by atoms with Crippen molar-refractivity contribution in [3.05, 3.63) is 0 Å².